The Morgan fingerprint density at radius 1 is 1.09 bits per heavy atom. The third kappa shape index (κ3) is 5.15. The Bertz CT molecular complexity index is 1270. The maximum atomic E-state index is 13.0. The number of anilines is 1. The average Bonchev–Trinajstić information content (AvgIpc) is 3.56. The number of rotatable bonds is 10. The van der Waals surface area contributed by atoms with Gasteiger partial charge in [-0.1, -0.05) is 41.6 Å². The van der Waals surface area contributed by atoms with Gasteiger partial charge in [0.2, 0.25) is 17.6 Å². The lowest BCUT2D eigenvalue weighted by Gasteiger charge is -2.17. The molecule has 0 atom stereocenters. The molecule has 4 aromatic rings. The number of aryl methyl sites for hydroxylation is 1. The third-order valence-electron chi connectivity index (χ3n) is 5.07. The lowest BCUT2D eigenvalue weighted by Crippen LogP contribution is -2.31. The first kappa shape index (κ1) is 23.2. The van der Waals surface area contributed by atoms with Gasteiger partial charge in [-0.05, 0) is 18.2 Å². The van der Waals surface area contributed by atoms with Gasteiger partial charge in [-0.25, -0.2) is 4.98 Å². The molecule has 0 aliphatic carbocycles. The highest BCUT2D eigenvalue weighted by atomic mass is 32.1. The maximum Gasteiger partial charge on any atom is 0.229 e. The second-order valence-corrected chi connectivity index (χ2v) is 8.09. The van der Waals surface area contributed by atoms with Crippen LogP contribution in [0.4, 0.5) is 5.13 Å². The van der Waals surface area contributed by atoms with E-state index in [1.165, 1.54) is 11.3 Å². The summed E-state index contributed by atoms with van der Waals surface area (Å²) in [6, 6.07) is 15.2. The van der Waals surface area contributed by atoms with Crippen LogP contribution in [0.3, 0.4) is 0 Å². The number of carbonyl (C=O) groups is 1. The highest BCUT2D eigenvalue weighted by Crippen LogP contribution is 2.31. The standard InChI is InChI=1S/C25H24N4O4S/c1-4-14-29(25-26-19(16-34-25)17-8-6-5-7-9-17)23(30)13-12-22-27-24(28-33-22)18-10-11-20(31-2)21(15-18)32-3/h4-11,15-16H,1,12-14H2,2-3H3. The molecule has 34 heavy (non-hydrogen) atoms. The fourth-order valence-electron chi connectivity index (χ4n) is 3.34. The molecule has 0 saturated heterocycles. The molecule has 0 N–H and O–H groups in total. The molecule has 2 heterocycles. The largest absolute Gasteiger partial charge is 0.493 e. The van der Waals surface area contributed by atoms with Crippen molar-refractivity contribution >= 4 is 22.4 Å². The van der Waals surface area contributed by atoms with Crippen LogP contribution in [0.25, 0.3) is 22.6 Å². The molecule has 2 aromatic heterocycles. The Balaban J connectivity index is 1.44. The third-order valence-corrected chi connectivity index (χ3v) is 5.93. The molecule has 0 bridgehead atoms. The second kappa shape index (κ2) is 10.8. The van der Waals surface area contributed by atoms with Crippen molar-refractivity contribution in [3.63, 3.8) is 0 Å². The molecule has 174 valence electrons. The van der Waals surface area contributed by atoms with Crippen LogP contribution < -0.4 is 14.4 Å². The topological polar surface area (TPSA) is 90.6 Å². The van der Waals surface area contributed by atoms with Gasteiger partial charge in [0.15, 0.2) is 16.6 Å². The number of methoxy groups -OCH3 is 2. The Kier molecular flexibility index (Phi) is 7.34. The minimum Gasteiger partial charge on any atom is -0.493 e. The Morgan fingerprint density at radius 2 is 1.88 bits per heavy atom. The van der Waals surface area contributed by atoms with Crippen molar-refractivity contribution in [2.24, 2.45) is 0 Å². The number of nitrogens with zero attached hydrogens (tertiary/aromatic N) is 4. The van der Waals surface area contributed by atoms with E-state index in [-0.39, 0.29) is 12.3 Å². The summed E-state index contributed by atoms with van der Waals surface area (Å²) in [5, 5.41) is 6.61. The lowest BCUT2D eigenvalue weighted by atomic mass is 10.2. The molecule has 9 heteroatoms. The highest BCUT2D eigenvalue weighted by molar-refractivity contribution is 7.14. The van der Waals surface area contributed by atoms with E-state index in [0.717, 1.165) is 16.8 Å². The van der Waals surface area contributed by atoms with Gasteiger partial charge in [0.25, 0.3) is 0 Å². The Morgan fingerprint density at radius 3 is 2.62 bits per heavy atom. The first-order chi connectivity index (χ1) is 16.6. The summed E-state index contributed by atoms with van der Waals surface area (Å²) in [6.07, 6.45) is 2.19. The average molecular weight is 477 g/mol. The number of carbonyl (C=O) groups excluding carboxylic acids is 1. The van der Waals surface area contributed by atoms with Gasteiger partial charge in [0.05, 0.1) is 19.9 Å². The van der Waals surface area contributed by atoms with Crippen LogP contribution in [-0.2, 0) is 11.2 Å². The van der Waals surface area contributed by atoms with Gasteiger partial charge < -0.3 is 14.0 Å². The number of ether oxygens (including phenoxy) is 2. The summed E-state index contributed by atoms with van der Waals surface area (Å²) in [5.74, 6) is 1.87. The molecule has 0 unspecified atom stereocenters. The first-order valence-corrected chi connectivity index (χ1v) is 11.5. The molecule has 0 radical (unpaired) electrons. The molecule has 0 aliphatic heterocycles. The van der Waals surface area contributed by atoms with Crippen LogP contribution in [0.5, 0.6) is 11.5 Å². The van der Waals surface area contributed by atoms with Gasteiger partial charge in [0.1, 0.15) is 0 Å². The van der Waals surface area contributed by atoms with Gasteiger partial charge in [0, 0.05) is 35.9 Å². The van der Waals surface area contributed by atoms with Crippen molar-refractivity contribution in [3.8, 4) is 34.1 Å². The van der Waals surface area contributed by atoms with Crippen LogP contribution >= 0.6 is 11.3 Å². The van der Waals surface area contributed by atoms with Gasteiger partial charge in [-0.15, -0.1) is 17.9 Å². The number of benzene rings is 2. The number of hydrogen-bond donors (Lipinski definition) is 0. The number of thiazole rings is 1. The fraction of sp³-hybridized carbons (Fsp3) is 0.200. The zero-order chi connectivity index (χ0) is 23.9. The Labute approximate surface area is 201 Å². The number of amides is 1. The van der Waals surface area contributed by atoms with E-state index < -0.39 is 0 Å². The summed E-state index contributed by atoms with van der Waals surface area (Å²) >= 11 is 1.42. The van der Waals surface area contributed by atoms with Crippen LogP contribution in [-0.4, -0.2) is 41.8 Å². The van der Waals surface area contributed by atoms with Crippen molar-refractivity contribution in [1.29, 1.82) is 0 Å². The van der Waals surface area contributed by atoms with E-state index in [1.54, 1.807) is 37.3 Å². The summed E-state index contributed by atoms with van der Waals surface area (Å²) in [6.45, 7) is 4.14. The molecular weight excluding hydrogens is 452 g/mol. The van der Waals surface area contributed by atoms with Crippen LogP contribution in [0.2, 0.25) is 0 Å². The van der Waals surface area contributed by atoms with Crippen LogP contribution in [0.1, 0.15) is 12.3 Å². The van der Waals surface area contributed by atoms with Crippen molar-refractivity contribution in [2.75, 3.05) is 25.7 Å². The van der Waals surface area contributed by atoms with Crippen molar-refractivity contribution in [1.82, 2.24) is 15.1 Å². The predicted octanol–water partition coefficient (Wildman–Crippen LogP) is 5.03. The monoisotopic (exact) mass is 476 g/mol. The molecule has 4 rings (SSSR count). The van der Waals surface area contributed by atoms with E-state index in [2.05, 4.69) is 21.7 Å². The highest BCUT2D eigenvalue weighted by Gasteiger charge is 2.20. The quantitative estimate of drug-likeness (QED) is 0.297. The maximum absolute atomic E-state index is 13.0. The molecule has 8 nitrogen and oxygen atoms in total. The molecule has 0 fully saturated rings. The number of aromatic nitrogens is 3. The van der Waals surface area contributed by atoms with E-state index in [9.17, 15) is 4.79 Å². The van der Waals surface area contributed by atoms with Gasteiger partial charge in [-0.2, -0.15) is 4.98 Å². The Hall–Kier alpha value is -3.98. The van der Waals surface area contributed by atoms with Crippen LogP contribution in [0, 0.1) is 0 Å². The van der Waals surface area contributed by atoms with Crippen molar-refractivity contribution < 1.29 is 18.8 Å². The second-order valence-electron chi connectivity index (χ2n) is 7.26. The summed E-state index contributed by atoms with van der Waals surface area (Å²) in [5.41, 5.74) is 2.56. The minimum absolute atomic E-state index is 0.0975. The van der Waals surface area contributed by atoms with Crippen LogP contribution in [0.15, 0.2) is 71.1 Å². The minimum atomic E-state index is -0.0975. The zero-order valence-corrected chi connectivity index (χ0v) is 19.7. The SMILES string of the molecule is C=CCN(C(=O)CCc1nc(-c2ccc(OC)c(OC)c2)no1)c1nc(-c2ccccc2)cs1. The first-order valence-electron chi connectivity index (χ1n) is 10.6. The zero-order valence-electron chi connectivity index (χ0n) is 18.9. The molecule has 2 aromatic carbocycles. The van der Waals surface area contributed by atoms with Gasteiger partial charge >= 0.3 is 0 Å². The predicted molar refractivity (Wildman–Crippen MR) is 131 cm³/mol. The summed E-state index contributed by atoms with van der Waals surface area (Å²) in [4.78, 5) is 23.7. The van der Waals surface area contributed by atoms with Crippen molar-refractivity contribution in [2.45, 2.75) is 12.8 Å². The normalized spacial score (nSPS) is 10.6. The summed E-state index contributed by atoms with van der Waals surface area (Å²) < 4.78 is 16.0. The van der Waals surface area contributed by atoms with E-state index in [1.807, 2.05) is 41.8 Å². The molecule has 0 spiro atoms. The van der Waals surface area contributed by atoms with Crippen molar-refractivity contribution in [3.05, 3.63) is 72.5 Å². The van der Waals surface area contributed by atoms with E-state index in [4.69, 9.17) is 14.0 Å². The lowest BCUT2D eigenvalue weighted by molar-refractivity contribution is -0.118. The van der Waals surface area contributed by atoms with Gasteiger partial charge in [-0.3, -0.25) is 9.69 Å². The smallest absolute Gasteiger partial charge is 0.229 e. The molecule has 0 aliphatic rings. The number of hydrogen-bond acceptors (Lipinski definition) is 8. The van der Waals surface area contributed by atoms with E-state index >= 15 is 0 Å². The molecule has 1 amide bonds. The van der Waals surface area contributed by atoms with E-state index in [0.29, 0.717) is 41.3 Å². The molecular formula is C25H24N4O4S. The summed E-state index contributed by atoms with van der Waals surface area (Å²) in [7, 11) is 3.14. The fourth-order valence-corrected chi connectivity index (χ4v) is 4.20. The molecule has 0 saturated carbocycles.